The van der Waals surface area contributed by atoms with Crippen LogP contribution in [0.25, 0.3) is 10.2 Å². The van der Waals surface area contributed by atoms with Gasteiger partial charge in [-0.2, -0.15) is 13.2 Å². The van der Waals surface area contributed by atoms with Crippen LogP contribution in [0.1, 0.15) is 37.1 Å². The number of hydrogen-bond donors (Lipinski definition) is 1. The van der Waals surface area contributed by atoms with Crippen molar-refractivity contribution >= 4 is 27.5 Å². The Morgan fingerprint density at radius 2 is 2.04 bits per heavy atom. The Morgan fingerprint density at radius 1 is 1.33 bits per heavy atom. The third-order valence-corrected chi connectivity index (χ3v) is 5.83. The first-order chi connectivity index (χ1) is 12.6. The molecule has 0 radical (unpaired) electrons. The second kappa shape index (κ2) is 7.14. The molecule has 1 N–H and O–H groups in total. The molecule has 3 heterocycles. The minimum Gasteiger partial charge on any atom is -0.337 e. The molecule has 0 aromatic carbocycles. The van der Waals surface area contributed by atoms with Crippen molar-refractivity contribution in [3.05, 3.63) is 31.3 Å². The van der Waals surface area contributed by atoms with Crippen molar-refractivity contribution in [1.82, 2.24) is 14.5 Å². The SMILES string of the molecule is CCCn1c(=O)[nH]c2sc3c(c2c1=O)CCN(C(=O)[C@@H](C)CC(F)(F)F)C3. The van der Waals surface area contributed by atoms with Gasteiger partial charge in [0.15, 0.2) is 0 Å². The molecule has 10 heteroatoms. The molecule has 1 amide bonds. The summed E-state index contributed by atoms with van der Waals surface area (Å²) in [6.45, 7) is 3.87. The van der Waals surface area contributed by atoms with Crippen LogP contribution in [-0.4, -0.2) is 33.1 Å². The van der Waals surface area contributed by atoms with E-state index < -0.39 is 30.1 Å². The molecule has 0 aliphatic carbocycles. The summed E-state index contributed by atoms with van der Waals surface area (Å²) in [7, 11) is 0. The molecular formula is C17H20F3N3O3S. The topological polar surface area (TPSA) is 75.2 Å². The number of carbonyl (C=O) groups excluding carboxylic acids is 1. The lowest BCUT2D eigenvalue weighted by Gasteiger charge is -2.29. The smallest absolute Gasteiger partial charge is 0.337 e. The Kier molecular flexibility index (Phi) is 5.20. The number of aromatic amines is 1. The maximum atomic E-state index is 12.7. The van der Waals surface area contributed by atoms with Gasteiger partial charge < -0.3 is 4.90 Å². The number of alkyl halides is 3. The van der Waals surface area contributed by atoms with E-state index in [2.05, 4.69) is 4.98 Å². The van der Waals surface area contributed by atoms with Crippen molar-refractivity contribution in [2.45, 2.75) is 52.4 Å². The number of hydrogen-bond acceptors (Lipinski definition) is 4. The lowest BCUT2D eigenvalue weighted by Crippen LogP contribution is -2.40. The molecule has 0 saturated carbocycles. The molecule has 0 unspecified atom stereocenters. The molecule has 1 atom stereocenters. The number of thiophene rings is 1. The molecule has 0 spiro atoms. The average molecular weight is 403 g/mol. The summed E-state index contributed by atoms with van der Waals surface area (Å²) >= 11 is 1.22. The van der Waals surface area contributed by atoms with E-state index in [-0.39, 0.29) is 18.6 Å². The number of amides is 1. The molecule has 3 rings (SSSR count). The van der Waals surface area contributed by atoms with E-state index in [1.54, 1.807) is 0 Å². The minimum atomic E-state index is -4.39. The van der Waals surface area contributed by atoms with Crippen molar-refractivity contribution in [2.24, 2.45) is 5.92 Å². The van der Waals surface area contributed by atoms with Crippen molar-refractivity contribution in [3.8, 4) is 0 Å². The zero-order chi connectivity index (χ0) is 19.9. The van der Waals surface area contributed by atoms with Gasteiger partial charge in [0.25, 0.3) is 5.56 Å². The molecule has 1 aliphatic rings. The summed E-state index contributed by atoms with van der Waals surface area (Å²) in [4.78, 5) is 42.5. The van der Waals surface area contributed by atoms with Gasteiger partial charge in [-0.3, -0.25) is 19.1 Å². The van der Waals surface area contributed by atoms with Gasteiger partial charge in [-0.25, -0.2) is 4.79 Å². The third-order valence-electron chi connectivity index (χ3n) is 4.70. The number of carbonyl (C=O) groups is 1. The number of rotatable bonds is 4. The van der Waals surface area contributed by atoms with Crippen LogP contribution in [-0.2, 0) is 24.3 Å². The highest BCUT2D eigenvalue weighted by Crippen LogP contribution is 2.33. The zero-order valence-electron chi connectivity index (χ0n) is 15.0. The van der Waals surface area contributed by atoms with Crippen LogP contribution in [0.15, 0.2) is 9.59 Å². The lowest BCUT2D eigenvalue weighted by molar-refractivity contribution is -0.158. The van der Waals surface area contributed by atoms with E-state index in [0.29, 0.717) is 29.6 Å². The van der Waals surface area contributed by atoms with E-state index in [9.17, 15) is 27.6 Å². The van der Waals surface area contributed by atoms with Gasteiger partial charge in [0.1, 0.15) is 4.83 Å². The number of fused-ring (bicyclic) bond motifs is 3. The first-order valence-corrected chi connectivity index (χ1v) is 9.57. The molecule has 2 aromatic rings. The largest absolute Gasteiger partial charge is 0.389 e. The van der Waals surface area contributed by atoms with Gasteiger partial charge in [0, 0.05) is 23.9 Å². The van der Waals surface area contributed by atoms with Gasteiger partial charge in [0.05, 0.1) is 18.4 Å². The van der Waals surface area contributed by atoms with Crippen LogP contribution in [0.4, 0.5) is 13.2 Å². The van der Waals surface area contributed by atoms with Crippen LogP contribution >= 0.6 is 11.3 Å². The second-order valence-electron chi connectivity index (χ2n) is 6.83. The van der Waals surface area contributed by atoms with Gasteiger partial charge >= 0.3 is 11.9 Å². The Morgan fingerprint density at radius 3 is 2.67 bits per heavy atom. The van der Waals surface area contributed by atoms with Crippen LogP contribution in [0.2, 0.25) is 0 Å². The molecule has 148 valence electrons. The molecule has 0 bridgehead atoms. The van der Waals surface area contributed by atoms with Gasteiger partial charge in [-0.1, -0.05) is 13.8 Å². The first kappa shape index (κ1) is 19.7. The highest BCUT2D eigenvalue weighted by Gasteiger charge is 2.36. The monoisotopic (exact) mass is 403 g/mol. The van der Waals surface area contributed by atoms with Crippen molar-refractivity contribution in [3.63, 3.8) is 0 Å². The summed E-state index contributed by atoms with van der Waals surface area (Å²) in [5.41, 5.74) is -0.0355. The number of H-pyrrole nitrogens is 1. The van der Waals surface area contributed by atoms with E-state index in [1.807, 2.05) is 6.92 Å². The molecule has 6 nitrogen and oxygen atoms in total. The third kappa shape index (κ3) is 3.80. The standard InChI is InChI=1S/C17H20F3N3O3S/c1-3-5-23-15(25)12-10-4-6-22(14(24)9(2)7-17(18,19)20)8-11(10)27-13(12)21-16(23)26/h9H,3-8H2,1-2H3,(H,21,26)/t9-/m0/s1. The number of nitrogens with zero attached hydrogens (tertiary/aromatic N) is 2. The van der Waals surface area contributed by atoms with Gasteiger partial charge in [-0.05, 0) is 18.4 Å². The van der Waals surface area contributed by atoms with Crippen molar-refractivity contribution in [2.75, 3.05) is 6.54 Å². The number of halogens is 3. The predicted octanol–water partition coefficient (Wildman–Crippen LogP) is 2.63. The van der Waals surface area contributed by atoms with Crippen LogP contribution in [0, 0.1) is 5.92 Å². The van der Waals surface area contributed by atoms with Gasteiger partial charge in [0.2, 0.25) is 5.91 Å². The van der Waals surface area contributed by atoms with E-state index in [0.717, 1.165) is 15.0 Å². The first-order valence-electron chi connectivity index (χ1n) is 8.75. The summed E-state index contributed by atoms with van der Waals surface area (Å²) < 4.78 is 38.8. The van der Waals surface area contributed by atoms with Crippen LogP contribution in [0.3, 0.4) is 0 Å². The normalized spacial score (nSPS) is 15.8. The minimum absolute atomic E-state index is 0.158. The van der Waals surface area contributed by atoms with E-state index in [4.69, 9.17) is 0 Å². The van der Waals surface area contributed by atoms with Crippen molar-refractivity contribution in [1.29, 1.82) is 0 Å². The van der Waals surface area contributed by atoms with E-state index >= 15 is 0 Å². The van der Waals surface area contributed by atoms with Crippen LogP contribution in [0.5, 0.6) is 0 Å². The molecule has 2 aromatic heterocycles. The average Bonchev–Trinajstić information content (AvgIpc) is 2.93. The fourth-order valence-electron chi connectivity index (χ4n) is 3.47. The quantitative estimate of drug-likeness (QED) is 0.853. The number of aromatic nitrogens is 2. The van der Waals surface area contributed by atoms with Crippen molar-refractivity contribution < 1.29 is 18.0 Å². The predicted molar refractivity (Wildman–Crippen MR) is 96.0 cm³/mol. The summed E-state index contributed by atoms with van der Waals surface area (Å²) in [5, 5.41) is 0.457. The Hall–Kier alpha value is -2.10. The fourth-order valence-corrected chi connectivity index (χ4v) is 4.72. The Bertz CT molecular complexity index is 989. The van der Waals surface area contributed by atoms with Gasteiger partial charge in [-0.15, -0.1) is 11.3 Å². The highest BCUT2D eigenvalue weighted by molar-refractivity contribution is 7.18. The maximum Gasteiger partial charge on any atom is 0.389 e. The Labute approximate surface area is 156 Å². The van der Waals surface area contributed by atoms with Crippen LogP contribution < -0.4 is 11.2 Å². The highest BCUT2D eigenvalue weighted by atomic mass is 32.1. The number of nitrogens with one attached hydrogen (secondary N) is 1. The summed E-state index contributed by atoms with van der Waals surface area (Å²) in [5.74, 6) is -1.70. The molecule has 27 heavy (non-hydrogen) atoms. The van der Waals surface area contributed by atoms with E-state index in [1.165, 1.54) is 23.2 Å². The summed E-state index contributed by atoms with van der Waals surface area (Å²) in [6, 6.07) is 0. The molecule has 0 fully saturated rings. The molecular weight excluding hydrogens is 383 g/mol. The molecule has 0 saturated heterocycles. The lowest BCUT2D eigenvalue weighted by atomic mass is 10.0. The Balaban J connectivity index is 1.92. The maximum absolute atomic E-state index is 12.7. The fraction of sp³-hybridized carbons (Fsp3) is 0.588. The zero-order valence-corrected chi connectivity index (χ0v) is 15.8. The summed E-state index contributed by atoms with van der Waals surface area (Å²) in [6.07, 6.45) is -4.53. The molecule has 1 aliphatic heterocycles. The second-order valence-corrected chi connectivity index (χ2v) is 7.93.